The van der Waals surface area contributed by atoms with Crippen LogP contribution >= 0.6 is 27.7 Å². The van der Waals surface area contributed by atoms with Crippen molar-refractivity contribution in [3.8, 4) is 0 Å². The molecule has 0 radical (unpaired) electrons. The fourth-order valence-corrected chi connectivity index (χ4v) is 11.1. The first kappa shape index (κ1) is 29.4. The van der Waals surface area contributed by atoms with Crippen molar-refractivity contribution >= 4 is 45.5 Å². The lowest BCUT2D eigenvalue weighted by Gasteiger charge is -2.42. The predicted molar refractivity (Wildman–Crippen MR) is 160 cm³/mol. The molecule has 2 bridgehead atoms. The quantitative estimate of drug-likeness (QED) is 0.225. The van der Waals surface area contributed by atoms with Crippen LogP contribution < -0.4 is 0 Å². The zero-order valence-corrected chi connectivity index (χ0v) is 25.2. The summed E-state index contributed by atoms with van der Waals surface area (Å²) in [4.78, 5) is 46.2. The minimum Gasteiger partial charge on any atom is -0.461 e. The minimum absolute atomic E-state index is 0.0395. The number of rotatable bonds is 11. The monoisotopic (exact) mass is 630 g/mol. The molecule has 7 atom stereocenters. The molecule has 1 saturated carbocycles. The van der Waals surface area contributed by atoms with E-state index in [-0.39, 0.29) is 41.1 Å². The highest BCUT2D eigenvalue weighted by atomic mass is 79.9. The van der Waals surface area contributed by atoms with Gasteiger partial charge in [-0.2, -0.15) is 0 Å². The number of hydrogen-bond acceptors (Lipinski definition) is 6. The summed E-state index contributed by atoms with van der Waals surface area (Å²) in [5, 5.41) is 10.5. The number of fused-ring (bicyclic) bond motifs is 1. The highest BCUT2D eigenvalue weighted by Gasteiger charge is 2.76. The van der Waals surface area contributed by atoms with E-state index >= 15 is 0 Å². The average molecular weight is 632 g/mol. The number of carbonyl (C=O) groups is 3. The van der Waals surface area contributed by atoms with E-state index in [1.54, 1.807) is 22.7 Å². The lowest BCUT2D eigenvalue weighted by Crippen LogP contribution is -2.59. The zero-order chi connectivity index (χ0) is 28.4. The Kier molecular flexibility index (Phi) is 9.12. The molecular formula is C31H39BrN2O5S. The Balaban J connectivity index is 1.58. The topological polar surface area (TPSA) is 87.2 Å². The van der Waals surface area contributed by atoms with Crippen LogP contribution in [0.15, 0.2) is 55.6 Å². The maximum Gasteiger partial charge on any atom is 0.311 e. The number of likely N-dealkylation sites (tertiary alicyclic amines) is 1. The van der Waals surface area contributed by atoms with E-state index in [1.165, 1.54) is 6.08 Å². The highest BCUT2D eigenvalue weighted by molar-refractivity contribution is 9.09. The molecule has 3 unspecified atom stereocenters. The Labute approximate surface area is 249 Å². The molecule has 1 spiro atoms. The summed E-state index contributed by atoms with van der Waals surface area (Å²) >= 11 is 5.40. The van der Waals surface area contributed by atoms with Crippen molar-refractivity contribution in [1.29, 1.82) is 0 Å². The third-order valence-corrected chi connectivity index (χ3v) is 12.3. The van der Waals surface area contributed by atoms with Crippen LogP contribution in [-0.2, 0) is 25.5 Å². The van der Waals surface area contributed by atoms with Gasteiger partial charge < -0.3 is 19.6 Å². The van der Waals surface area contributed by atoms with Gasteiger partial charge in [0.1, 0.15) is 12.6 Å². The standard InChI is InChI=1S/C31H39BrN2O5S/c1-3-15-33(21-13-9-6-10-14-21)29(37)27-31-18-23(32)26(40-31)24(30(38)39-16-4-2)25(31)28(36)34(27)22(19-35)17-20-11-7-5-8-12-20/h3-5,7-8,11-12,21-27,35H,1-2,6,9-10,13-19H2/t22-,23?,24-,25+,26-,27?,31?/m1/s1. The average Bonchev–Trinajstić information content (AvgIpc) is 3.57. The first-order valence-electron chi connectivity index (χ1n) is 14.4. The van der Waals surface area contributed by atoms with Gasteiger partial charge in [0.25, 0.3) is 0 Å². The summed E-state index contributed by atoms with van der Waals surface area (Å²) in [7, 11) is 0. The fourth-order valence-electron chi connectivity index (χ4n) is 7.49. The van der Waals surface area contributed by atoms with Crippen LogP contribution in [0.2, 0.25) is 0 Å². The molecule has 3 heterocycles. The van der Waals surface area contributed by atoms with E-state index < -0.39 is 34.6 Å². The van der Waals surface area contributed by atoms with Gasteiger partial charge in [0.05, 0.1) is 29.2 Å². The second-order valence-corrected chi connectivity index (χ2v) is 14.1. The summed E-state index contributed by atoms with van der Waals surface area (Å²) in [6, 6.07) is 8.42. The van der Waals surface area contributed by atoms with Crippen LogP contribution in [0.4, 0.5) is 0 Å². The van der Waals surface area contributed by atoms with Gasteiger partial charge in [0.15, 0.2) is 0 Å². The molecule has 3 saturated heterocycles. The van der Waals surface area contributed by atoms with Crippen LogP contribution in [0.5, 0.6) is 0 Å². The number of hydrogen-bond donors (Lipinski definition) is 1. The van der Waals surface area contributed by atoms with E-state index in [0.717, 1.165) is 37.7 Å². The van der Waals surface area contributed by atoms with Gasteiger partial charge >= 0.3 is 5.97 Å². The molecule has 216 valence electrons. The molecule has 4 aliphatic rings. The van der Waals surface area contributed by atoms with E-state index in [1.807, 2.05) is 35.2 Å². The van der Waals surface area contributed by atoms with Gasteiger partial charge in [-0.25, -0.2) is 0 Å². The second-order valence-electron chi connectivity index (χ2n) is 11.4. The lowest BCUT2D eigenvalue weighted by atomic mass is 9.71. The summed E-state index contributed by atoms with van der Waals surface area (Å²) in [6.07, 6.45) is 9.44. The van der Waals surface area contributed by atoms with Crippen molar-refractivity contribution in [3.05, 3.63) is 61.2 Å². The van der Waals surface area contributed by atoms with Crippen molar-refractivity contribution in [2.24, 2.45) is 11.8 Å². The molecule has 1 aliphatic carbocycles. The molecule has 5 rings (SSSR count). The highest BCUT2D eigenvalue weighted by Crippen LogP contribution is 2.68. The largest absolute Gasteiger partial charge is 0.461 e. The summed E-state index contributed by atoms with van der Waals surface area (Å²) in [5.41, 5.74) is 0.975. The number of ether oxygens (including phenoxy) is 1. The molecular weight excluding hydrogens is 592 g/mol. The molecule has 3 aliphatic heterocycles. The number of nitrogens with zero attached hydrogens (tertiary/aromatic N) is 2. The minimum atomic E-state index is -0.792. The smallest absolute Gasteiger partial charge is 0.311 e. The molecule has 7 nitrogen and oxygen atoms in total. The number of carbonyl (C=O) groups excluding carboxylic acids is 3. The number of benzene rings is 1. The number of thioether (sulfide) groups is 1. The number of halogens is 1. The molecule has 1 aromatic rings. The molecule has 9 heteroatoms. The van der Waals surface area contributed by atoms with Gasteiger partial charge in [0, 0.05) is 22.7 Å². The molecule has 2 amide bonds. The first-order chi connectivity index (χ1) is 19.4. The third kappa shape index (κ3) is 5.07. The third-order valence-electron chi connectivity index (χ3n) is 9.12. The summed E-state index contributed by atoms with van der Waals surface area (Å²) < 4.78 is 4.72. The maximum absolute atomic E-state index is 14.8. The van der Waals surface area contributed by atoms with Gasteiger partial charge in [-0.3, -0.25) is 14.4 Å². The van der Waals surface area contributed by atoms with Crippen LogP contribution in [0.25, 0.3) is 0 Å². The van der Waals surface area contributed by atoms with Crippen molar-refractivity contribution in [3.63, 3.8) is 0 Å². The maximum atomic E-state index is 14.8. The Morgan fingerprint density at radius 3 is 2.58 bits per heavy atom. The van der Waals surface area contributed by atoms with Crippen LogP contribution in [0.1, 0.15) is 44.1 Å². The normalized spacial score (nSPS) is 32.0. The molecule has 1 aromatic carbocycles. The molecule has 4 fully saturated rings. The molecule has 0 aromatic heterocycles. The zero-order valence-electron chi connectivity index (χ0n) is 22.8. The number of amides is 2. The lowest BCUT2D eigenvalue weighted by molar-refractivity contribution is -0.153. The Hall–Kier alpha value is -2.10. The predicted octanol–water partition coefficient (Wildman–Crippen LogP) is 4.13. The first-order valence-corrected chi connectivity index (χ1v) is 16.1. The number of esters is 1. The molecule has 1 N–H and O–H groups in total. The Bertz CT molecular complexity index is 1130. The summed E-state index contributed by atoms with van der Waals surface area (Å²) in [5.74, 6) is -2.11. The molecule has 40 heavy (non-hydrogen) atoms. The van der Waals surface area contributed by atoms with Crippen molar-refractivity contribution in [1.82, 2.24) is 9.80 Å². The fraction of sp³-hybridized carbons (Fsp3) is 0.581. The second kappa shape index (κ2) is 12.4. The number of alkyl halides is 1. The van der Waals surface area contributed by atoms with E-state index in [4.69, 9.17) is 4.74 Å². The Morgan fingerprint density at radius 1 is 1.20 bits per heavy atom. The van der Waals surface area contributed by atoms with Crippen LogP contribution in [-0.4, -0.2) is 85.4 Å². The van der Waals surface area contributed by atoms with Gasteiger partial charge in [-0.1, -0.05) is 84.3 Å². The van der Waals surface area contributed by atoms with Crippen molar-refractivity contribution in [2.45, 2.75) is 77.9 Å². The Morgan fingerprint density at radius 2 is 1.93 bits per heavy atom. The van der Waals surface area contributed by atoms with E-state index in [0.29, 0.717) is 19.4 Å². The number of aliphatic hydroxyl groups is 1. The van der Waals surface area contributed by atoms with Gasteiger partial charge in [0.2, 0.25) is 11.8 Å². The summed E-state index contributed by atoms with van der Waals surface area (Å²) in [6.45, 7) is 7.78. The van der Waals surface area contributed by atoms with Crippen molar-refractivity contribution < 1.29 is 24.2 Å². The van der Waals surface area contributed by atoms with Gasteiger partial charge in [-0.05, 0) is 31.2 Å². The van der Waals surface area contributed by atoms with E-state index in [9.17, 15) is 19.5 Å². The van der Waals surface area contributed by atoms with Crippen molar-refractivity contribution in [2.75, 3.05) is 19.8 Å². The van der Waals surface area contributed by atoms with Crippen LogP contribution in [0.3, 0.4) is 0 Å². The van der Waals surface area contributed by atoms with Crippen LogP contribution in [0, 0.1) is 11.8 Å². The SMILES string of the molecule is C=CCOC(=O)[C@H]1[C@@H]2SC3(CC2Br)C(C(=O)N(CC=C)C2CCCCC2)N([C@@H](CO)Cc2ccccc2)C(=O)[C@H]13. The number of aliphatic hydroxyl groups excluding tert-OH is 1. The van der Waals surface area contributed by atoms with Gasteiger partial charge in [-0.15, -0.1) is 18.3 Å². The van der Waals surface area contributed by atoms with E-state index in [2.05, 4.69) is 29.1 Å².